The smallest absolute Gasteiger partial charge is 0.191 e. The van der Waals surface area contributed by atoms with Crippen LogP contribution in [-0.4, -0.2) is 56.0 Å². The van der Waals surface area contributed by atoms with Gasteiger partial charge in [0.25, 0.3) is 0 Å². The van der Waals surface area contributed by atoms with Crippen molar-refractivity contribution in [3.8, 4) is 0 Å². The molecular formula is C24H38IN5O. The number of guanidine groups is 1. The van der Waals surface area contributed by atoms with Crippen molar-refractivity contribution in [2.45, 2.75) is 45.3 Å². The maximum Gasteiger partial charge on any atom is 0.191 e. The highest BCUT2D eigenvalue weighted by molar-refractivity contribution is 14.0. The number of hydrogen-bond acceptors (Lipinski definition) is 4. The second kappa shape index (κ2) is 13.8. The third-order valence-electron chi connectivity index (χ3n) is 5.45. The zero-order valence-corrected chi connectivity index (χ0v) is 21.5. The van der Waals surface area contributed by atoms with Crippen LogP contribution in [0.15, 0.2) is 52.1 Å². The number of halogens is 1. The Labute approximate surface area is 204 Å². The van der Waals surface area contributed by atoms with Gasteiger partial charge in [0.05, 0.1) is 18.8 Å². The van der Waals surface area contributed by atoms with E-state index in [1.54, 1.807) is 6.26 Å². The van der Waals surface area contributed by atoms with Crippen LogP contribution in [-0.2, 0) is 13.1 Å². The molecule has 0 bridgehead atoms. The summed E-state index contributed by atoms with van der Waals surface area (Å²) in [6, 6.07) is 13.0. The Morgan fingerprint density at radius 1 is 1.06 bits per heavy atom. The molecule has 7 heteroatoms. The molecular weight excluding hydrogens is 501 g/mol. The number of piperidine rings is 1. The maximum atomic E-state index is 5.76. The summed E-state index contributed by atoms with van der Waals surface area (Å²) < 4.78 is 5.76. The van der Waals surface area contributed by atoms with Gasteiger partial charge in [0.2, 0.25) is 0 Å². The highest BCUT2D eigenvalue weighted by Crippen LogP contribution is 2.24. The average molecular weight is 540 g/mol. The van der Waals surface area contributed by atoms with Crippen molar-refractivity contribution < 1.29 is 4.42 Å². The first kappa shape index (κ1) is 25.7. The molecule has 1 fully saturated rings. The number of hydrogen-bond donors (Lipinski definition) is 2. The van der Waals surface area contributed by atoms with E-state index in [9.17, 15) is 0 Å². The normalized spacial score (nSPS) is 16.1. The Balaban J connectivity index is 0.00000341. The second-order valence-corrected chi connectivity index (χ2v) is 8.26. The molecule has 1 atom stereocenters. The number of nitrogens with one attached hydrogen (secondary N) is 2. The van der Waals surface area contributed by atoms with Gasteiger partial charge in [0, 0.05) is 19.6 Å². The van der Waals surface area contributed by atoms with Crippen LogP contribution in [0.1, 0.15) is 49.1 Å². The molecule has 0 spiro atoms. The van der Waals surface area contributed by atoms with E-state index in [4.69, 9.17) is 9.41 Å². The van der Waals surface area contributed by atoms with Crippen molar-refractivity contribution in [1.29, 1.82) is 0 Å². The molecule has 0 radical (unpaired) electrons. The van der Waals surface area contributed by atoms with Crippen LogP contribution in [0.3, 0.4) is 0 Å². The van der Waals surface area contributed by atoms with E-state index < -0.39 is 0 Å². The van der Waals surface area contributed by atoms with Crippen molar-refractivity contribution in [2.24, 2.45) is 4.99 Å². The van der Waals surface area contributed by atoms with Gasteiger partial charge in [0.1, 0.15) is 5.76 Å². The molecule has 172 valence electrons. The lowest BCUT2D eigenvalue weighted by atomic mass is 10.1. The lowest BCUT2D eigenvalue weighted by Crippen LogP contribution is -2.44. The van der Waals surface area contributed by atoms with Crippen LogP contribution in [0.25, 0.3) is 0 Å². The highest BCUT2D eigenvalue weighted by Gasteiger charge is 2.24. The SMILES string of the molecule is CCNC(=NCc1ccc(CN(C)C)cc1)NCC(c1ccco1)N1CCCCC1.I. The van der Waals surface area contributed by atoms with Crippen LogP contribution in [0.4, 0.5) is 0 Å². The third-order valence-corrected chi connectivity index (χ3v) is 5.45. The average Bonchev–Trinajstić information content (AvgIpc) is 3.28. The summed E-state index contributed by atoms with van der Waals surface area (Å²) in [7, 11) is 4.18. The summed E-state index contributed by atoms with van der Waals surface area (Å²) >= 11 is 0. The molecule has 0 saturated carbocycles. The molecule has 0 amide bonds. The molecule has 1 saturated heterocycles. The van der Waals surface area contributed by atoms with E-state index in [-0.39, 0.29) is 30.0 Å². The number of nitrogens with zero attached hydrogens (tertiary/aromatic N) is 3. The Morgan fingerprint density at radius 2 is 1.77 bits per heavy atom. The minimum absolute atomic E-state index is 0. The fourth-order valence-electron chi connectivity index (χ4n) is 3.94. The van der Waals surface area contributed by atoms with Crippen molar-refractivity contribution in [2.75, 3.05) is 40.3 Å². The minimum atomic E-state index is 0. The van der Waals surface area contributed by atoms with Gasteiger partial charge in [-0.3, -0.25) is 4.90 Å². The first-order valence-corrected chi connectivity index (χ1v) is 11.2. The minimum Gasteiger partial charge on any atom is -0.468 e. The van der Waals surface area contributed by atoms with Gasteiger partial charge < -0.3 is 20.0 Å². The standard InChI is InChI=1S/C24H37N5O.HI/c1-4-25-24(26-17-20-10-12-21(13-11-20)19-28(2)3)27-18-22(23-9-8-16-30-23)29-14-6-5-7-15-29;/h8-13,16,22H,4-7,14-15,17-19H2,1-3H3,(H2,25,26,27);1H. The number of rotatable bonds is 9. The number of furan rings is 1. The molecule has 0 aliphatic carbocycles. The lowest BCUT2D eigenvalue weighted by molar-refractivity contribution is 0.146. The molecule has 31 heavy (non-hydrogen) atoms. The molecule has 2 heterocycles. The zero-order chi connectivity index (χ0) is 21.2. The van der Waals surface area contributed by atoms with Crippen molar-refractivity contribution in [1.82, 2.24) is 20.4 Å². The van der Waals surface area contributed by atoms with E-state index in [2.05, 4.69) is 71.8 Å². The Hall–Kier alpha value is -1.58. The first-order chi connectivity index (χ1) is 14.7. The van der Waals surface area contributed by atoms with Crippen LogP contribution < -0.4 is 10.6 Å². The number of benzene rings is 1. The highest BCUT2D eigenvalue weighted by atomic mass is 127. The topological polar surface area (TPSA) is 56.0 Å². The lowest BCUT2D eigenvalue weighted by Gasteiger charge is -2.33. The Bertz CT molecular complexity index is 755. The Morgan fingerprint density at radius 3 is 2.39 bits per heavy atom. The van der Waals surface area contributed by atoms with E-state index in [0.717, 1.165) is 44.4 Å². The van der Waals surface area contributed by atoms with Crippen molar-refractivity contribution in [3.05, 3.63) is 59.5 Å². The molecule has 1 aliphatic heterocycles. The van der Waals surface area contributed by atoms with Crippen molar-refractivity contribution in [3.63, 3.8) is 0 Å². The van der Waals surface area contributed by atoms with Gasteiger partial charge in [-0.2, -0.15) is 0 Å². The summed E-state index contributed by atoms with van der Waals surface area (Å²) in [6.07, 6.45) is 5.61. The number of aliphatic imine (C=N–C) groups is 1. The van der Waals surface area contributed by atoms with E-state index >= 15 is 0 Å². The van der Waals surface area contributed by atoms with Crippen LogP contribution in [0.5, 0.6) is 0 Å². The summed E-state index contributed by atoms with van der Waals surface area (Å²) in [5.41, 5.74) is 2.54. The molecule has 2 aromatic rings. The van der Waals surface area contributed by atoms with Gasteiger partial charge >= 0.3 is 0 Å². The molecule has 6 nitrogen and oxygen atoms in total. The first-order valence-electron chi connectivity index (χ1n) is 11.2. The summed E-state index contributed by atoms with van der Waals surface area (Å²) in [4.78, 5) is 9.52. The van der Waals surface area contributed by atoms with Crippen LogP contribution >= 0.6 is 24.0 Å². The van der Waals surface area contributed by atoms with E-state index in [1.165, 1.54) is 30.4 Å². The van der Waals surface area contributed by atoms with Gasteiger partial charge in [-0.05, 0) is 70.2 Å². The summed E-state index contributed by atoms with van der Waals surface area (Å²) in [6.45, 7) is 7.58. The van der Waals surface area contributed by atoms with Gasteiger partial charge in [-0.1, -0.05) is 30.7 Å². The molecule has 1 aliphatic rings. The number of likely N-dealkylation sites (tertiary alicyclic amines) is 1. The van der Waals surface area contributed by atoms with Crippen LogP contribution in [0.2, 0.25) is 0 Å². The monoisotopic (exact) mass is 539 g/mol. The summed E-state index contributed by atoms with van der Waals surface area (Å²) in [5.74, 6) is 1.88. The molecule has 2 N–H and O–H groups in total. The van der Waals surface area contributed by atoms with E-state index in [0.29, 0.717) is 6.54 Å². The largest absolute Gasteiger partial charge is 0.468 e. The van der Waals surface area contributed by atoms with Crippen LogP contribution in [0, 0.1) is 0 Å². The molecule has 1 aromatic carbocycles. The molecule has 1 unspecified atom stereocenters. The predicted molar refractivity (Wildman–Crippen MR) is 139 cm³/mol. The third kappa shape index (κ3) is 8.46. The van der Waals surface area contributed by atoms with E-state index in [1.807, 2.05) is 6.07 Å². The summed E-state index contributed by atoms with van der Waals surface area (Å²) in [5, 5.41) is 6.92. The quantitative estimate of drug-likeness (QED) is 0.284. The second-order valence-electron chi connectivity index (χ2n) is 8.26. The Kier molecular flexibility index (Phi) is 11.4. The predicted octanol–water partition coefficient (Wildman–Crippen LogP) is 4.24. The fraction of sp³-hybridized carbons (Fsp3) is 0.542. The fourth-order valence-corrected chi connectivity index (χ4v) is 3.94. The molecule has 1 aromatic heterocycles. The maximum absolute atomic E-state index is 5.76. The molecule has 3 rings (SSSR count). The zero-order valence-electron chi connectivity index (χ0n) is 19.1. The van der Waals surface area contributed by atoms with Gasteiger partial charge in [0.15, 0.2) is 5.96 Å². The van der Waals surface area contributed by atoms with Crippen molar-refractivity contribution >= 4 is 29.9 Å². The van der Waals surface area contributed by atoms with Gasteiger partial charge in [-0.25, -0.2) is 4.99 Å². The van der Waals surface area contributed by atoms with Gasteiger partial charge in [-0.15, -0.1) is 24.0 Å².